The lowest BCUT2D eigenvalue weighted by Gasteiger charge is -2.10. The quantitative estimate of drug-likeness (QED) is 0.359. The Morgan fingerprint density at radius 3 is 2.34 bits per heavy atom. The molecule has 0 saturated heterocycles. The van der Waals surface area contributed by atoms with E-state index in [9.17, 15) is 14.0 Å². The van der Waals surface area contributed by atoms with Crippen LogP contribution in [0.25, 0.3) is 22.5 Å². The third kappa shape index (κ3) is 5.19. The number of aromatic nitrogens is 3. The van der Waals surface area contributed by atoms with Crippen LogP contribution in [0.3, 0.4) is 0 Å². The molecule has 0 aliphatic rings. The van der Waals surface area contributed by atoms with Gasteiger partial charge in [-0.25, -0.2) is 13.9 Å². The molecule has 0 aliphatic carbocycles. The summed E-state index contributed by atoms with van der Waals surface area (Å²) in [6.07, 6.45) is 1.50. The van der Waals surface area contributed by atoms with Gasteiger partial charge in [-0.1, -0.05) is 29.8 Å². The minimum absolute atomic E-state index is 0.00657. The van der Waals surface area contributed by atoms with Crippen LogP contribution in [0.4, 0.5) is 10.2 Å². The second kappa shape index (κ2) is 10.2. The van der Waals surface area contributed by atoms with E-state index in [2.05, 4.69) is 20.9 Å². The number of nitrogens with zero attached hydrogens (tertiary/aromatic N) is 3. The number of amides is 2. The second-order valence-electron chi connectivity index (χ2n) is 7.87. The Labute approximate surface area is 201 Å². The molecule has 4 aromatic rings. The van der Waals surface area contributed by atoms with Crippen molar-refractivity contribution in [1.29, 1.82) is 0 Å². The molecule has 0 radical (unpaired) electrons. The number of halogens is 1. The number of hydrogen-bond donors (Lipinski definition) is 3. The minimum atomic E-state index is -0.369. The van der Waals surface area contributed by atoms with Crippen molar-refractivity contribution in [3.8, 4) is 11.3 Å². The average Bonchev–Trinajstić information content (AvgIpc) is 3.24. The maximum atomic E-state index is 13.6. The van der Waals surface area contributed by atoms with E-state index in [-0.39, 0.29) is 24.2 Å². The molecule has 178 valence electrons. The molecule has 3 N–H and O–H groups in total. The van der Waals surface area contributed by atoms with Crippen molar-refractivity contribution in [2.45, 2.75) is 6.92 Å². The summed E-state index contributed by atoms with van der Waals surface area (Å²) in [5.41, 5.74) is 4.84. The molecule has 2 aromatic heterocycles. The molecule has 4 rings (SSSR count). The van der Waals surface area contributed by atoms with Gasteiger partial charge in [-0.2, -0.15) is 5.10 Å². The van der Waals surface area contributed by atoms with Gasteiger partial charge in [-0.15, -0.1) is 0 Å². The summed E-state index contributed by atoms with van der Waals surface area (Å²) < 4.78 is 15.3. The Kier molecular flexibility index (Phi) is 6.86. The fraction of sp³-hybridized carbons (Fsp3) is 0.154. The number of benzene rings is 2. The zero-order chi connectivity index (χ0) is 24.9. The number of rotatable bonds is 7. The molecule has 0 spiro atoms. The first kappa shape index (κ1) is 23.6. The van der Waals surface area contributed by atoms with Crippen LogP contribution in [0.15, 0.2) is 66.7 Å². The predicted octanol–water partition coefficient (Wildman–Crippen LogP) is 3.18. The highest BCUT2D eigenvalue weighted by molar-refractivity contribution is 5.98. The van der Waals surface area contributed by atoms with E-state index in [4.69, 9.17) is 5.10 Å². The Bertz CT molecular complexity index is 1410. The van der Waals surface area contributed by atoms with Crippen molar-refractivity contribution in [3.63, 3.8) is 0 Å². The minimum Gasteiger partial charge on any atom is -0.359 e. The van der Waals surface area contributed by atoms with Crippen molar-refractivity contribution in [3.05, 3.63) is 89.4 Å². The van der Waals surface area contributed by atoms with Gasteiger partial charge in [0.1, 0.15) is 11.5 Å². The molecule has 9 heteroatoms. The van der Waals surface area contributed by atoms with Crippen LogP contribution in [0.1, 0.15) is 16.8 Å². The third-order valence-electron chi connectivity index (χ3n) is 5.45. The molecule has 0 fully saturated rings. The van der Waals surface area contributed by atoms with Crippen molar-refractivity contribution < 1.29 is 14.0 Å². The molecule has 0 bridgehead atoms. The summed E-state index contributed by atoms with van der Waals surface area (Å²) in [6.45, 7) is 2.00. The Balaban J connectivity index is 1.90. The summed E-state index contributed by atoms with van der Waals surface area (Å²) in [6, 6.07) is 17.3. The molecule has 2 aromatic carbocycles. The standard InChI is InChI=1S/C26H25FN6O2/c1-16-4-6-17(7-5-16)20(14-23(34)28-2)21-12-13-22-31-26(30-15-24(35)29-3)25(33(22)32-21)18-8-10-19(27)11-9-18/h4-14,30H,15H2,1-3H3,(H,28,34)(H,29,35)/b20-14+. The average molecular weight is 473 g/mol. The maximum absolute atomic E-state index is 13.6. The molecule has 8 nitrogen and oxygen atoms in total. The van der Waals surface area contributed by atoms with Gasteiger partial charge < -0.3 is 16.0 Å². The van der Waals surface area contributed by atoms with Crippen molar-refractivity contribution in [2.24, 2.45) is 0 Å². The molecule has 2 amide bonds. The van der Waals surface area contributed by atoms with Gasteiger partial charge in [-0.3, -0.25) is 9.59 Å². The van der Waals surface area contributed by atoms with Crippen LogP contribution in [0.5, 0.6) is 0 Å². The van der Waals surface area contributed by atoms with Gasteiger partial charge in [0.15, 0.2) is 11.5 Å². The fourth-order valence-electron chi connectivity index (χ4n) is 3.56. The summed E-state index contributed by atoms with van der Waals surface area (Å²) in [5, 5.41) is 13.0. The Morgan fingerprint density at radius 1 is 0.971 bits per heavy atom. The Morgan fingerprint density at radius 2 is 1.69 bits per heavy atom. The molecule has 0 unspecified atom stereocenters. The van der Waals surface area contributed by atoms with E-state index in [0.29, 0.717) is 34.0 Å². The van der Waals surface area contributed by atoms with Gasteiger partial charge in [-0.05, 0) is 48.9 Å². The molecule has 0 aliphatic heterocycles. The topological polar surface area (TPSA) is 100 Å². The summed E-state index contributed by atoms with van der Waals surface area (Å²) in [5.74, 6) is -0.418. The Hall–Kier alpha value is -4.53. The number of likely N-dealkylation sites (N-methyl/N-ethyl adjacent to an activating group) is 2. The van der Waals surface area contributed by atoms with Gasteiger partial charge in [0, 0.05) is 31.3 Å². The van der Waals surface area contributed by atoms with Gasteiger partial charge >= 0.3 is 0 Å². The van der Waals surface area contributed by atoms with Gasteiger partial charge in [0.05, 0.1) is 12.2 Å². The van der Waals surface area contributed by atoms with Crippen molar-refractivity contribution in [1.82, 2.24) is 25.2 Å². The summed E-state index contributed by atoms with van der Waals surface area (Å²) >= 11 is 0. The molecular formula is C26H25FN6O2. The SMILES string of the molecule is CNC(=O)/C=C(\c1ccc(C)cc1)c1ccc2nc(NCC(=O)NC)c(-c3ccc(F)cc3)n2n1. The van der Waals surface area contributed by atoms with Gasteiger partial charge in [0.25, 0.3) is 0 Å². The van der Waals surface area contributed by atoms with Crippen LogP contribution in [-0.2, 0) is 9.59 Å². The van der Waals surface area contributed by atoms with E-state index < -0.39 is 0 Å². The molecule has 0 atom stereocenters. The van der Waals surface area contributed by atoms with E-state index in [1.54, 1.807) is 42.9 Å². The van der Waals surface area contributed by atoms with Crippen LogP contribution < -0.4 is 16.0 Å². The number of carbonyl (C=O) groups is 2. The predicted molar refractivity (Wildman–Crippen MR) is 133 cm³/mol. The smallest absolute Gasteiger partial charge is 0.244 e. The number of carbonyl (C=O) groups excluding carboxylic acids is 2. The maximum Gasteiger partial charge on any atom is 0.244 e. The van der Waals surface area contributed by atoms with Crippen LogP contribution in [0.2, 0.25) is 0 Å². The van der Waals surface area contributed by atoms with Crippen LogP contribution in [0, 0.1) is 12.7 Å². The number of nitrogens with one attached hydrogen (secondary N) is 3. The third-order valence-corrected chi connectivity index (χ3v) is 5.45. The molecule has 0 saturated carbocycles. The van der Waals surface area contributed by atoms with Gasteiger partial charge in [0.2, 0.25) is 11.8 Å². The lowest BCUT2D eigenvalue weighted by molar-refractivity contribution is -0.119. The van der Waals surface area contributed by atoms with E-state index in [0.717, 1.165) is 11.1 Å². The van der Waals surface area contributed by atoms with E-state index in [1.165, 1.54) is 18.2 Å². The highest BCUT2D eigenvalue weighted by atomic mass is 19.1. The number of anilines is 1. The number of aryl methyl sites for hydroxylation is 1. The van der Waals surface area contributed by atoms with Crippen LogP contribution in [-0.4, -0.2) is 47.1 Å². The molecule has 2 heterocycles. The summed E-state index contributed by atoms with van der Waals surface area (Å²) in [7, 11) is 3.11. The lowest BCUT2D eigenvalue weighted by atomic mass is 10.0. The van der Waals surface area contributed by atoms with E-state index >= 15 is 0 Å². The monoisotopic (exact) mass is 472 g/mol. The zero-order valence-electron chi connectivity index (χ0n) is 19.6. The largest absolute Gasteiger partial charge is 0.359 e. The summed E-state index contributed by atoms with van der Waals surface area (Å²) in [4.78, 5) is 28.7. The lowest BCUT2D eigenvalue weighted by Crippen LogP contribution is -2.26. The first-order chi connectivity index (χ1) is 16.9. The van der Waals surface area contributed by atoms with Crippen molar-refractivity contribution >= 4 is 28.9 Å². The highest BCUT2D eigenvalue weighted by Gasteiger charge is 2.18. The number of imidazole rings is 1. The fourth-order valence-corrected chi connectivity index (χ4v) is 3.56. The normalized spacial score (nSPS) is 11.4. The van der Waals surface area contributed by atoms with Crippen LogP contribution >= 0.6 is 0 Å². The molecular weight excluding hydrogens is 447 g/mol. The second-order valence-corrected chi connectivity index (χ2v) is 7.87. The zero-order valence-corrected chi connectivity index (χ0v) is 19.6. The first-order valence-electron chi connectivity index (χ1n) is 11.0. The van der Waals surface area contributed by atoms with Crippen molar-refractivity contribution in [2.75, 3.05) is 26.0 Å². The first-order valence-corrected chi connectivity index (χ1v) is 11.0. The number of hydrogen-bond acceptors (Lipinski definition) is 5. The molecule has 35 heavy (non-hydrogen) atoms. The highest BCUT2D eigenvalue weighted by Crippen LogP contribution is 2.30. The number of fused-ring (bicyclic) bond motifs is 1. The van der Waals surface area contributed by atoms with E-state index in [1.807, 2.05) is 31.2 Å².